The molecule has 0 bridgehead atoms. The summed E-state index contributed by atoms with van der Waals surface area (Å²) in [5, 5.41) is 5.69. The lowest BCUT2D eigenvalue weighted by Gasteiger charge is -2.13. The molecule has 2 heterocycles. The molecule has 3 rings (SSSR count). The minimum Gasteiger partial charge on any atom is -0.380 e. The van der Waals surface area contributed by atoms with Gasteiger partial charge in [0.15, 0.2) is 0 Å². The van der Waals surface area contributed by atoms with Gasteiger partial charge in [0.25, 0.3) is 0 Å². The molecule has 0 spiro atoms. The van der Waals surface area contributed by atoms with Gasteiger partial charge in [0.05, 0.1) is 11.8 Å². The van der Waals surface area contributed by atoms with Gasteiger partial charge in [-0.15, -0.1) is 0 Å². The van der Waals surface area contributed by atoms with Crippen LogP contribution in [0, 0.1) is 5.82 Å². The molecule has 25 heavy (non-hydrogen) atoms. The first-order valence-corrected chi connectivity index (χ1v) is 8.25. The molecule has 6 heteroatoms. The molecule has 0 aliphatic carbocycles. The van der Waals surface area contributed by atoms with Crippen LogP contribution in [0.3, 0.4) is 0 Å². The van der Waals surface area contributed by atoms with Crippen molar-refractivity contribution in [3.63, 3.8) is 0 Å². The second-order valence-corrected chi connectivity index (χ2v) is 5.81. The predicted octanol–water partition coefficient (Wildman–Crippen LogP) is 3.46. The lowest BCUT2D eigenvalue weighted by atomic mass is 10.2. The highest BCUT2D eigenvalue weighted by Crippen LogP contribution is 2.20. The van der Waals surface area contributed by atoms with E-state index in [0.717, 1.165) is 25.0 Å². The van der Waals surface area contributed by atoms with Gasteiger partial charge >= 0.3 is 0 Å². The third kappa shape index (κ3) is 5.12. The normalized spacial score (nSPS) is 16.9. The Hall–Kier alpha value is -2.73. The number of amides is 1. The van der Waals surface area contributed by atoms with Gasteiger partial charge < -0.3 is 15.4 Å². The van der Waals surface area contributed by atoms with Crippen LogP contribution in [0.5, 0.6) is 0 Å². The lowest BCUT2D eigenvalue weighted by Crippen LogP contribution is -2.19. The van der Waals surface area contributed by atoms with Crippen molar-refractivity contribution in [3.05, 3.63) is 60.2 Å². The fourth-order valence-corrected chi connectivity index (χ4v) is 2.60. The Kier molecular flexibility index (Phi) is 5.74. The Bertz CT molecular complexity index is 744. The molecular weight excluding hydrogens is 321 g/mol. The molecule has 0 saturated carbocycles. The fraction of sp³-hybridized carbons (Fsp3) is 0.263. The molecule has 2 aromatic rings. The highest BCUT2D eigenvalue weighted by Gasteiger charge is 2.15. The second-order valence-electron chi connectivity index (χ2n) is 5.81. The summed E-state index contributed by atoms with van der Waals surface area (Å²) in [6.45, 7) is 1.35. The molecule has 1 aromatic carbocycles. The molecule has 1 unspecified atom stereocenters. The number of nitrogens with one attached hydrogen (secondary N) is 2. The summed E-state index contributed by atoms with van der Waals surface area (Å²) in [5.74, 6) is -0.731. The van der Waals surface area contributed by atoms with Gasteiger partial charge in [-0.25, -0.2) is 4.39 Å². The van der Waals surface area contributed by atoms with Crippen molar-refractivity contribution in [2.75, 3.05) is 23.8 Å². The maximum Gasteiger partial charge on any atom is 0.248 e. The smallest absolute Gasteiger partial charge is 0.248 e. The van der Waals surface area contributed by atoms with E-state index >= 15 is 0 Å². The van der Waals surface area contributed by atoms with E-state index in [1.165, 1.54) is 12.1 Å². The summed E-state index contributed by atoms with van der Waals surface area (Å²) >= 11 is 0. The highest BCUT2D eigenvalue weighted by molar-refractivity contribution is 6.02. The number of hydrogen-bond donors (Lipinski definition) is 2. The van der Waals surface area contributed by atoms with Crippen LogP contribution in [0.2, 0.25) is 0 Å². The molecule has 2 N–H and O–H groups in total. The standard InChI is InChI=1S/C19H20FN3O2/c20-17-12-15(4-5-18(17)22-13-16-2-1-11-25-16)23-19(24)6-3-14-7-9-21-10-8-14/h3-10,12,16,22H,1-2,11,13H2,(H,23,24). The summed E-state index contributed by atoms with van der Waals surface area (Å²) in [6, 6.07) is 8.16. The molecule has 5 nitrogen and oxygen atoms in total. The van der Waals surface area contributed by atoms with E-state index in [2.05, 4.69) is 15.6 Å². The molecule has 1 saturated heterocycles. The van der Waals surface area contributed by atoms with Gasteiger partial charge in [-0.2, -0.15) is 0 Å². The summed E-state index contributed by atoms with van der Waals surface area (Å²) < 4.78 is 19.6. The van der Waals surface area contributed by atoms with Crippen molar-refractivity contribution < 1.29 is 13.9 Å². The van der Waals surface area contributed by atoms with Crippen LogP contribution < -0.4 is 10.6 Å². The first-order chi connectivity index (χ1) is 12.2. The van der Waals surface area contributed by atoms with Crippen LogP contribution >= 0.6 is 0 Å². The van der Waals surface area contributed by atoms with Crippen molar-refractivity contribution in [2.24, 2.45) is 0 Å². The van der Waals surface area contributed by atoms with Gasteiger partial charge in [-0.3, -0.25) is 9.78 Å². The zero-order valence-electron chi connectivity index (χ0n) is 13.7. The summed E-state index contributed by atoms with van der Waals surface area (Å²) in [6.07, 6.45) is 8.54. The topological polar surface area (TPSA) is 63.2 Å². The van der Waals surface area contributed by atoms with Gasteiger partial charge in [0, 0.05) is 37.3 Å². The number of hydrogen-bond acceptors (Lipinski definition) is 4. The number of nitrogens with zero attached hydrogens (tertiary/aromatic N) is 1. The monoisotopic (exact) mass is 341 g/mol. The Balaban J connectivity index is 1.54. The van der Waals surface area contributed by atoms with Gasteiger partial charge in [0.1, 0.15) is 5.82 Å². The molecule has 1 aliphatic heterocycles. The van der Waals surface area contributed by atoms with Gasteiger partial charge in [-0.1, -0.05) is 0 Å². The van der Waals surface area contributed by atoms with E-state index in [-0.39, 0.29) is 12.0 Å². The van der Waals surface area contributed by atoms with E-state index in [0.29, 0.717) is 17.9 Å². The van der Waals surface area contributed by atoms with Crippen LogP contribution in [0.4, 0.5) is 15.8 Å². The van der Waals surface area contributed by atoms with Crippen LogP contribution in [-0.4, -0.2) is 30.1 Å². The SMILES string of the molecule is O=C(C=Cc1ccncc1)Nc1ccc(NCC2CCCO2)c(F)c1. The van der Waals surface area contributed by atoms with E-state index in [1.807, 2.05) is 0 Å². The number of halogens is 1. The summed E-state index contributed by atoms with van der Waals surface area (Å²) in [7, 11) is 0. The average Bonchev–Trinajstić information content (AvgIpc) is 3.14. The molecule has 130 valence electrons. The third-order valence-corrected chi connectivity index (χ3v) is 3.91. The van der Waals surface area contributed by atoms with E-state index in [9.17, 15) is 9.18 Å². The van der Waals surface area contributed by atoms with E-state index in [4.69, 9.17) is 4.74 Å². The van der Waals surface area contributed by atoms with Crippen molar-refractivity contribution in [1.29, 1.82) is 0 Å². The van der Waals surface area contributed by atoms with E-state index < -0.39 is 5.82 Å². The van der Waals surface area contributed by atoms with Crippen LogP contribution in [-0.2, 0) is 9.53 Å². The quantitative estimate of drug-likeness (QED) is 0.790. The van der Waals surface area contributed by atoms with Crippen molar-refractivity contribution in [1.82, 2.24) is 4.98 Å². The number of rotatable bonds is 6. The van der Waals surface area contributed by atoms with Gasteiger partial charge in [0.2, 0.25) is 5.91 Å². The van der Waals surface area contributed by atoms with E-state index in [1.54, 1.807) is 42.7 Å². The molecule has 1 aromatic heterocycles. The van der Waals surface area contributed by atoms with Crippen molar-refractivity contribution >= 4 is 23.4 Å². The molecular formula is C19H20FN3O2. The number of anilines is 2. The third-order valence-electron chi connectivity index (χ3n) is 3.91. The van der Waals surface area contributed by atoms with Crippen LogP contribution in [0.15, 0.2) is 48.8 Å². The molecule has 1 atom stereocenters. The van der Waals surface area contributed by atoms with Crippen molar-refractivity contribution in [2.45, 2.75) is 18.9 Å². The average molecular weight is 341 g/mol. The van der Waals surface area contributed by atoms with Crippen LogP contribution in [0.1, 0.15) is 18.4 Å². The highest BCUT2D eigenvalue weighted by atomic mass is 19.1. The number of ether oxygens (including phenoxy) is 1. The lowest BCUT2D eigenvalue weighted by molar-refractivity contribution is -0.111. The van der Waals surface area contributed by atoms with Crippen molar-refractivity contribution in [3.8, 4) is 0 Å². The molecule has 0 radical (unpaired) electrons. The first-order valence-electron chi connectivity index (χ1n) is 8.25. The Morgan fingerprint density at radius 1 is 1.32 bits per heavy atom. The number of benzene rings is 1. The summed E-state index contributed by atoms with van der Waals surface area (Å²) in [5.41, 5.74) is 1.68. The maximum absolute atomic E-state index is 14.1. The summed E-state index contributed by atoms with van der Waals surface area (Å²) in [4.78, 5) is 15.8. The van der Waals surface area contributed by atoms with Crippen LogP contribution in [0.25, 0.3) is 6.08 Å². The predicted molar refractivity (Wildman–Crippen MR) is 95.8 cm³/mol. The molecule has 1 aliphatic rings. The Morgan fingerprint density at radius 2 is 2.16 bits per heavy atom. The van der Waals surface area contributed by atoms with Gasteiger partial charge in [-0.05, 0) is 54.8 Å². The fourth-order valence-electron chi connectivity index (χ4n) is 2.60. The first kappa shape index (κ1) is 17.1. The molecule has 1 amide bonds. The Labute approximate surface area is 145 Å². The minimum absolute atomic E-state index is 0.136. The Morgan fingerprint density at radius 3 is 2.88 bits per heavy atom. The number of aromatic nitrogens is 1. The minimum atomic E-state index is -0.408. The number of pyridine rings is 1. The largest absolute Gasteiger partial charge is 0.380 e. The number of carbonyl (C=O) groups is 1. The zero-order valence-corrected chi connectivity index (χ0v) is 13.7. The second kappa shape index (κ2) is 8.39. The molecule has 1 fully saturated rings. The number of carbonyl (C=O) groups excluding carboxylic acids is 1. The zero-order chi connectivity index (χ0) is 17.5. The maximum atomic E-state index is 14.1.